The van der Waals surface area contributed by atoms with Crippen LogP contribution in [0.4, 0.5) is 5.69 Å². The molecule has 1 nitrogen and oxygen atoms in total. The molecule has 0 aliphatic carbocycles. The highest BCUT2D eigenvalue weighted by molar-refractivity contribution is 7.03. The zero-order chi connectivity index (χ0) is 15.3. The second kappa shape index (κ2) is 4.99. The minimum absolute atomic E-state index is 0.809. The van der Waals surface area contributed by atoms with Gasteiger partial charge in [-0.1, -0.05) is 66.7 Å². The van der Waals surface area contributed by atoms with E-state index in [4.69, 9.17) is 0 Å². The molecule has 2 aromatic carbocycles. The van der Waals surface area contributed by atoms with E-state index in [-0.39, 0.29) is 0 Å². The minimum atomic E-state index is -1.67. The Morgan fingerprint density at radius 1 is 1.05 bits per heavy atom. The first-order valence-electron chi connectivity index (χ1n) is 8.50. The van der Waals surface area contributed by atoms with Crippen molar-refractivity contribution in [2.75, 3.05) is 18.0 Å². The van der Waals surface area contributed by atoms with Crippen LogP contribution in [-0.4, -0.2) is 21.2 Å². The van der Waals surface area contributed by atoms with Gasteiger partial charge in [0.2, 0.25) is 0 Å². The van der Waals surface area contributed by atoms with Crippen LogP contribution in [0.3, 0.4) is 0 Å². The molecule has 2 unspecified atom stereocenters. The van der Waals surface area contributed by atoms with Crippen molar-refractivity contribution < 1.29 is 0 Å². The molecule has 1 saturated heterocycles. The first-order valence-corrected chi connectivity index (χ1v) is 11.1. The lowest BCUT2D eigenvalue weighted by molar-refractivity contribution is 0.437. The van der Waals surface area contributed by atoms with Gasteiger partial charge < -0.3 is 4.90 Å². The van der Waals surface area contributed by atoms with Gasteiger partial charge in [0.25, 0.3) is 0 Å². The molecular weight excluding hydrogens is 282 g/mol. The molecule has 3 atom stereocenters. The van der Waals surface area contributed by atoms with Gasteiger partial charge >= 0.3 is 0 Å². The Hall–Kier alpha value is -1.54. The number of piperidine rings is 1. The van der Waals surface area contributed by atoms with Crippen molar-refractivity contribution in [3.8, 4) is 0 Å². The molecule has 2 heterocycles. The summed E-state index contributed by atoms with van der Waals surface area (Å²) in [6, 6.07) is 18.5. The summed E-state index contributed by atoms with van der Waals surface area (Å²) in [6.45, 7) is 9.77. The van der Waals surface area contributed by atoms with E-state index in [9.17, 15) is 0 Å². The van der Waals surface area contributed by atoms with Gasteiger partial charge in [0, 0.05) is 18.8 Å². The highest BCUT2D eigenvalue weighted by Crippen LogP contribution is 2.41. The highest BCUT2D eigenvalue weighted by atomic mass is 28.3. The van der Waals surface area contributed by atoms with Gasteiger partial charge in [-0.3, -0.25) is 0 Å². The molecule has 2 aliphatic heterocycles. The molecule has 0 radical (unpaired) electrons. The van der Waals surface area contributed by atoms with Crippen LogP contribution in [0.15, 0.2) is 48.5 Å². The molecule has 2 aliphatic rings. The fourth-order valence-electron chi connectivity index (χ4n) is 4.70. The van der Waals surface area contributed by atoms with E-state index in [0.29, 0.717) is 0 Å². The third-order valence-corrected chi connectivity index (χ3v) is 11.0. The van der Waals surface area contributed by atoms with Gasteiger partial charge in [-0.25, -0.2) is 0 Å². The Balaban J connectivity index is 1.97. The van der Waals surface area contributed by atoms with Crippen molar-refractivity contribution in [2.24, 2.45) is 5.92 Å². The Bertz CT molecular complexity index is 696. The average molecular weight is 308 g/mol. The van der Waals surface area contributed by atoms with Crippen molar-refractivity contribution in [1.29, 1.82) is 0 Å². The molecule has 0 spiro atoms. The fourth-order valence-corrected chi connectivity index (χ4v) is 9.57. The number of benzene rings is 2. The second-order valence-electron chi connectivity index (χ2n) is 7.53. The molecule has 22 heavy (non-hydrogen) atoms. The summed E-state index contributed by atoms with van der Waals surface area (Å²) in [5, 5.41) is 3.28. The van der Waals surface area contributed by atoms with Crippen LogP contribution < -0.4 is 15.3 Å². The quantitative estimate of drug-likeness (QED) is 0.730. The molecule has 4 rings (SSSR count). The topological polar surface area (TPSA) is 3.24 Å². The van der Waals surface area contributed by atoms with Crippen molar-refractivity contribution >= 4 is 24.1 Å². The molecule has 0 N–H and O–H groups in total. The van der Waals surface area contributed by atoms with Crippen LogP contribution in [-0.2, 0) is 0 Å². The normalized spacial score (nSPS) is 30.0. The Morgan fingerprint density at radius 3 is 2.59 bits per heavy atom. The third kappa shape index (κ3) is 1.97. The number of fused-ring (bicyclic) bond motifs is 4. The van der Waals surface area contributed by atoms with Crippen LogP contribution in [0.5, 0.6) is 0 Å². The van der Waals surface area contributed by atoms with E-state index < -0.39 is 8.07 Å². The van der Waals surface area contributed by atoms with E-state index in [2.05, 4.69) is 73.8 Å². The van der Waals surface area contributed by atoms with Crippen LogP contribution in [0.2, 0.25) is 12.1 Å². The van der Waals surface area contributed by atoms with Crippen molar-refractivity contribution in [3.63, 3.8) is 0 Å². The van der Waals surface area contributed by atoms with E-state index in [0.717, 1.165) is 11.5 Å². The van der Waals surface area contributed by atoms with Crippen LogP contribution in [0.1, 0.15) is 18.9 Å². The van der Waals surface area contributed by atoms with Crippen molar-refractivity contribution in [1.82, 2.24) is 0 Å². The standard InChI is InChI=1S/C20H25NSi/c1-15-9-10-19-20(12-15)22(3,17-7-5-4-6-8-17)18-11-16(2)13-21(19)14-18/h4-10,12,16,18H,11,13-14H2,1-3H3/t16?,18?,22-/m1/s1. The predicted molar refractivity (Wildman–Crippen MR) is 98.3 cm³/mol. The van der Waals surface area contributed by atoms with E-state index in [1.165, 1.54) is 30.8 Å². The van der Waals surface area contributed by atoms with E-state index in [1.807, 2.05) is 0 Å². The molecule has 2 aromatic rings. The SMILES string of the molecule is Cc1ccc2c(c1)[Si@](C)(c1ccccc1)C1CC(C)CN2C1. The van der Waals surface area contributed by atoms with Gasteiger partial charge in [-0.2, -0.15) is 0 Å². The van der Waals surface area contributed by atoms with Gasteiger partial charge in [0.1, 0.15) is 8.07 Å². The Kier molecular flexibility index (Phi) is 3.19. The number of anilines is 1. The maximum absolute atomic E-state index is 2.66. The zero-order valence-electron chi connectivity index (χ0n) is 13.8. The average Bonchev–Trinajstić information content (AvgIpc) is 2.53. The molecule has 0 saturated carbocycles. The second-order valence-corrected chi connectivity index (χ2v) is 11.9. The molecule has 2 heteroatoms. The first-order chi connectivity index (χ1) is 10.6. The Labute approximate surface area is 135 Å². The summed E-state index contributed by atoms with van der Waals surface area (Å²) in [5.74, 6) is 0.809. The highest BCUT2D eigenvalue weighted by Gasteiger charge is 2.48. The molecule has 1 fully saturated rings. The number of hydrogen-bond donors (Lipinski definition) is 0. The monoisotopic (exact) mass is 307 g/mol. The number of rotatable bonds is 1. The summed E-state index contributed by atoms with van der Waals surface area (Å²) in [6.07, 6.45) is 1.39. The van der Waals surface area contributed by atoms with Gasteiger partial charge in [0.05, 0.1) is 0 Å². The molecule has 114 valence electrons. The summed E-state index contributed by atoms with van der Waals surface area (Å²) in [4.78, 5) is 2.66. The van der Waals surface area contributed by atoms with Crippen LogP contribution >= 0.6 is 0 Å². The van der Waals surface area contributed by atoms with Gasteiger partial charge in [0.15, 0.2) is 0 Å². The largest absolute Gasteiger partial charge is 0.371 e. The lowest BCUT2D eigenvalue weighted by Crippen LogP contribution is -2.67. The summed E-state index contributed by atoms with van der Waals surface area (Å²) < 4.78 is 0. The minimum Gasteiger partial charge on any atom is -0.371 e. The van der Waals surface area contributed by atoms with Crippen LogP contribution in [0, 0.1) is 12.8 Å². The van der Waals surface area contributed by atoms with Gasteiger partial charge in [-0.15, -0.1) is 0 Å². The lowest BCUT2D eigenvalue weighted by atomic mass is 9.98. The number of nitrogens with zero attached hydrogens (tertiary/aromatic N) is 1. The molecule has 0 amide bonds. The maximum atomic E-state index is 2.66. The van der Waals surface area contributed by atoms with E-state index in [1.54, 1.807) is 10.4 Å². The third-order valence-electron chi connectivity index (χ3n) is 5.90. The Morgan fingerprint density at radius 2 is 1.82 bits per heavy atom. The zero-order valence-corrected chi connectivity index (χ0v) is 14.8. The molecule has 2 bridgehead atoms. The van der Waals surface area contributed by atoms with Crippen LogP contribution in [0.25, 0.3) is 0 Å². The smallest absolute Gasteiger partial charge is 0.122 e. The maximum Gasteiger partial charge on any atom is 0.122 e. The predicted octanol–water partition coefficient (Wildman–Crippen LogP) is 3.42. The first kappa shape index (κ1) is 14.1. The number of aryl methyl sites for hydroxylation is 1. The summed E-state index contributed by atoms with van der Waals surface area (Å²) >= 11 is 0. The fraction of sp³-hybridized carbons (Fsp3) is 0.400. The molecule has 0 aromatic heterocycles. The van der Waals surface area contributed by atoms with E-state index >= 15 is 0 Å². The summed E-state index contributed by atoms with van der Waals surface area (Å²) in [5.41, 5.74) is 3.77. The van der Waals surface area contributed by atoms with Crippen molar-refractivity contribution in [2.45, 2.75) is 32.4 Å². The number of hydrogen-bond acceptors (Lipinski definition) is 1. The van der Waals surface area contributed by atoms with Crippen molar-refractivity contribution in [3.05, 3.63) is 54.1 Å². The molecular formula is C20H25NSi. The summed E-state index contributed by atoms with van der Waals surface area (Å²) in [7, 11) is -1.67. The lowest BCUT2D eigenvalue weighted by Gasteiger charge is -2.52. The van der Waals surface area contributed by atoms with Gasteiger partial charge in [-0.05, 0) is 36.1 Å².